The van der Waals surface area contributed by atoms with Crippen LogP contribution in [-0.2, 0) is 0 Å². The third-order valence-corrected chi connectivity index (χ3v) is 2.63. The number of hydrogen-bond acceptors (Lipinski definition) is 2. The Morgan fingerprint density at radius 3 is 2.56 bits per heavy atom. The van der Waals surface area contributed by atoms with Gasteiger partial charge >= 0.3 is 0 Å². The summed E-state index contributed by atoms with van der Waals surface area (Å²) in [6, 6.07) is 2.31. The van der Waals surface area contributed by atoms with Crippen LogP contribution in [0.4, 0.5) is 0 Å². The number of hydrogen-bond donors (Lipinski definition) is 1. The van der Waals surface area contributed by atoms with Crippen molar-refractivity contribution >= 4 is 5.91 Å². The van der Waals surface area contributed by atoms with Gasteiger partial charge in [-0.1, -0.05) is 6.92 Å². The first-order chi connectivity index (χ1) is 7.45. The van der Waals surface area contributed by atoms with E-state index in [2.05, 4.69) is 24.3 Å². The van der Waals surface area contributed by atoms with E-state index in [4.69, 9.17) is 0 Å². The third kappa shape index (κ3) is 2.84. The molecule has 1 atom stereocenters. The maximum Gasteiger partial charge on any atom is 0.271 e. The summed E-state index contributed by atoms with van der Waals surface area (Å²) in [5.41, 5.74) is 1.52. The largest absolute Gasteiger partial charge is 0.348 e. The molecule has 0 radical (unpaired) electrons. The maximum atomic E-state index is 11.8. The van der Waals surface area contributed by atoms with Crippen molar-refractivity contribution in [1.29, 1.82) is 0 Å². The van der Waals surface area contributed by atoms with Crippen LogP contribution in [0.5, 0.6) is 0 Å². The first kappa shape index (κ1) is 12.7. The van der Waals surface area contributed by atoms with E-state index in [0.29, 0.717) is 5.69 Å². The van der Waals surface area contributed by atoms with Gasteiger partial charge in [0.1, 0.15) is 5.69 Å². The molecule has 0 bridgehead atoms. The predicted molar refractivity (Wildman–Crippen MR) is 64.6 cm³/mol. The number of carbonyl (C=O) groups is 1. The van der Waals surface area contributed by atoms with Crippen LogP contribution in [0.1, 0.15) is 56.3 Å². The average molecular weight is 223 g/mol. The van der Waals surface area contributed by atoms with E-state index >= 15 is 0 Å². The summed E-state index contributed by atoms with van der Waals surface area (Å²) in [7, 11) is 0. The fourth-order valence-electron chi connectivity index (χ4n) is 1.52. The van der Waals surface area contributed by atoms with Crippen molar-refractivity contribution in [1.82, 2.24) is 15.1 Å². The van der Waals surface area contributed by atoms with Gasteiger partial charge in [-0.2, -0.15) is 5.10 Å². The van der Waals surface area contributed by atoms with E-state index in [0.717, 1.165) is 12.1 Å². The van der Waals surface area contributed by atoms with Gasteiger partial charge in [0.25, 0.3) is 5.91 Å². The fraction of sp³-hybridized carbons (Fsp3) is 0.667. The van der Waals surface area contributed by atoms with Crippen LogP contribution in [0, 0.1) is 6.92 Å². The van der Waals surface area contributed by atoms with Crippen molar-refractivity contribution in [3.63, 3.8) is 0 Å². The smallest absolute Gasteiger partial charge is 0.271 e. The van der Waals surface area contributed by atoms with Gasteiger partial charge < -0.3 is 5.32 Å². The number of aryl methyl sites for hydroxylation is 1. The fourth-order valence-corrected chi connectivity index (χ4v) is 1.52. The number of rotatable bonds is 4. The van der Waals surface area contributed by atoms with Crippen molar-refractivity contribution in [2.45, 2.75) is 53.1 Å². The lowest BCUT2D eigenvalue weighted by Crippen LogP contribution is -2.32. The molecule has 1 unspecified atom stereocenters. The van der Waals surface area contributed by atoms with Gasteiger partial charge in [-0.15, -0.1) is 0 Å². The Labute approximate surface area is 97.0 Å². The molecular weight excluding hydrogens is 202 g/mol. The van der Waals surface area contributed by atoms with E-state index in [1.54, 1.807) is 0 Å². The Hall–Kier alpha value is -1.32. The highest BCUT2D eigenvalue weighted by Crippen LogP contribution is 2.10. The van der Waals surface area contributed by atoms with Gasteiger partial charge in [-0.3, -0.25) is 9.48 Å². The second-order valence-corrected chi connectivity index (χ2v) is 4.49. The number of aromatic nitrogens is 2. The molecule has 0 aromatic carbocycles. The molecule has 0 aliphatic heterocycles. The van der Waals surface area contributed by atoms with Gasteiger partial charge in [0.2, 0.25) is 0 Å². The molecule has 0 saturated carbocycles. The van der Waals surface area contributed by atoms with Gasteiger partial charge in [-0.05, 0) is 40.2 Å². The topological polar surface area (TPSA) is 46.9 Å². The second kappa shape index (κ2) is 5.14. The number of carbonyl (C=O) groups excluding carboxylic acids is 1. The molecule has 1 heterocycles. The zero-order valence-corrected chi connectivity index (χ0v) is 10.7. The van der Waals surface area contributed by atoms with Gasteiger partial charge in [-0.25, -0.2) is 0 Å². The molecule has 0 saturated heterocycles. The summed E-state index contributed by atoms with van der Waals surface area (Å²) in [6.45, 7) is 10.1. The van der Waals surface area contributed by atoms with Crippen LogP contribution in [-0.4, -0.2) is 21.7 Å². The lowest BCUT2D eigenvalue weighted by atomic mass is 10.2. The highest BCUT2D eigenvalue weighted by atomic mass is 16.2. The molecule has 1 aromatic rings. The normalized spacial score (nSPS) is 12.9. The van der Waals surface area contributed by atoms with Crippen molar-refractivity contribution < 1.29 is 4.79 Å². The van der Waals surface area contributed by atoms with Crippen molar-refractivity contribution in [3.8, 4) is 0 Å². The minimum atomic E-state index is -0.0862. The van der Waals surface area contributed by atoms with E-state index in [1.165, 1.54) is 0 Å². The van der Waals surface area contributed by atoms with E-state index in [-0.39, 0.29) is 18.0 Å². The van der Waals surface area contributed by atoms with Crippen LogP contribution >= 0.6 is 0 Å². The lowest BCUT2D eigenvalue weighted by molar-refractivity contribution is 0.0933. The number of nitrogens with zero attached hydrogens (tertiary/aromatic N) is 2. The molecular formula is C12H21N3O. The molecule has 0 aliphatic carbocycles. The van der Waals surface area contributed by atoms with Crippen molar-refractivity contribution in [2.24, 2.45) is 0 Å². The van der Waals surface area contributed by atoms with Crippen LogP contribution in [0.15, 0.2) is 6.07 Å². The quantitative estimate of drug-likeness (QED) is 0.851. The van der Waals surface area contributed by atoms with E-state index in [1.807, 2.05) is 31.5 Å². The summed E-state index contributed by atoms with van der Waals surface area (Å²) < 4.78 is 1.87. The zero-order valence-electron chi connectivity index (χ0n) is 10.7. The van der Waals surface area contributed by atoms with Crippen LogP contribution < -0.4 is 5.32 Å². The zero-order chi connectivity index (χ0) is 12.3. The summed E-state index contributed by atoms with van der Waals surface area (Å²) in [6.07, 6.45) is 0.926. The standard InChI is InChI=1S/C12H21N3O/c1-6-9(4)13-12(16)11-7-10(5)15(14-11)8(2)3/h7-9H,6H2,1-5H3,(H,13,16). The van der Waals surface area contributed by atoms with Crippen molar-refractivity contribution in [2.75, 3.05) is 0 Å². The maximum absolute atomic E-state index is 11.8. The molecule has 1 aromatic heterocycles. The molecule has 0 spiro atoms. The minimum Gasteiger partial charge on any atom is -0.348 e. The molecule has 1 rings (SSSR count). The summed E-state index contributed by atoms with van der Waals surface area (Å²) in [4.78, 5) is 11.8. The molecule has 0 aliphatic rings. The Morgan fingerprint density at radius 2 is 2.12 bits per heavy atom. The predicted octanol–water partition coefficient (Wildman–Crippen LogP) is 2.30. The highest BCUT2D eigenvalue weighted by Gasteiger charge is 2.14. The first-order valence-electron chi connectivity index (χ1n) is 5.82. The van der Waals surface area contributed by atoms with Gasteiger partial charge in [0.15, 0.2) is 0 Å². The van der Waals surface area contributed by atoms with Crippen LogP contribution in [0.3, 0.4) is 0 Å². The Kier molecular flexibility index (Phi) is 4.10. The van der Waals surface area contributed by atoms with Crippen LogP contribution in [0.25, 0.3) is 0 Å². The third-order valence-electron chi connectivity index (χ3n) is 2.63. The van der Waals surface area contributed by atoms with Gasteiger partial charge in [0, 0.05) is 17.8 Å². The Bertz CT molecular complexity index is 368. The number of amides is 1. The molecule has 1 amide bonds. The minimum absolute atomic E-state index is 0.0862. The molecule has 90 valence electrons. The molecule has 4 nitrogen and oxygen atoms in total. The van der Waals surface area contributed by atoms with E-state index in [9.17, 15) is 4.79 Å². The molecule has 0 fully saturated rings. The van der Waals surface area contributed by atoms with Gasteiger partial charge in [0.05, 0.1) is 0 Å². The molecule has 16 heavy (non-hydrogen) atoms. The van der Waals surface area contributed by atoms with Crippen LogP contribution in [0.2, 0.25) is 0 Å². The highest BCUT2D eigenvalue weighted by molar-refractivity contribution is 5.92. The summed E-state index contributed by atoms with van der Waals surface area (Å²) >= 11 is 0. The van der Waals surface area contributed by atoms with E-state index < -0.39 is 0 Å². The monoisotopic (exact) mass is 223 g/mol. The average Bonchev–Trinajstić information content (AvgIpc) is 2.60. The SMILES string of the molecule is CCC(C)NC(=O)c1cc(C)n(C(C)C)n1. The lowest BCUT2D eigenvalue weighted by Gasteiger charge is -2.09. The second-order valence-electron chi connectivity index (χ2n) is 4.49. The Morgan fingerprint density at radius 1 is 1.50 bits per heavy atom. The summed E-state index contributed by atoms with van der Waals surface area (Å²) in [5, 5.41) is 7.21. The molecule has 1 N–H and O–H groups in total. The van der Waals surface area contributed by atoms with Crippen molar-refractivity contribution in [3.05, 3.63) is 17.5 Å². The number of nitrogens with one attached hydrogen (secondary N) is 1. The first-order valence-corrected chi connectivity index (χ1v) is 5.82. The molecule has 4 heteroatoms. The Balaban J connectivity index is 2.81. The summed E-state index contributed by atoms with van der Waals surface area (Å²) in [5.74, 6) is -0.0862.